The lowest BCUT2D eigenvalue weighted by atomic mass is 10.2. The molecule has 102 valence electrons. The Morgan fingerprint density at radius 3 is 2.95 bits per heavy atom. The molecular weight excluding hydrogens is 258 g/mol. The monoisotopic (exact) mass is 271 g/mol. The minimum atomic E-state index is -0.413. The number of benzene rings is 1. The van der Waals surface area contributed by atoms with E-state index in [1.54, 1.807) is 16.9 Å². The van der Waals surface area contributed by atoms with Gasteiger partial charge in [-0.15, -0.1) is 0 Å². The van der Waals surface area contributed by atoms with Gasteiger partial charge in [0.1, 0.15) is 6.07 Å². The maximum Gasteiger partial charge on any atom is 0.269 e. The Kier molecular flexibility index (Phi) is 3.96. The maximum absolute atomic E-state index is 10.6. The molecule has 7 heteroatoms. The first-order valence-electron chi connectivity index (χ1n) is 6.01. The molecule has 1 aromatic carbocycles. The minimum absolute atomic E-state index is 0.0822. The highest BCUT2D eigenvalue weighted by Crippen LogP contribution is 2.20. The van der Waals surface area contributed by atoms with Gasteiger partial charge in [-0.1, -0.05) is 0 Å². The lowest BCUT2D eigenvalue weighted by Crippen LogP contribution is -2.11. The summed E-state index contributed by atoms with van der Waals surface area (Å²) in [4.78, 5) is 10.2. The highest BCUT2D eigenvalue weighted by molar-refractivity contribution is 5.55. The fraction of sp³-hybridized carbons (Fsp3) is 0.231. The van der Waals surface area contributed by atoms with Crippen molar-refractivity contribution in [2.45, 2.75) is 13.5 Å². The van der Waals surface area contributed by atoms with Gasteiger partial charge < -0.3 is 5.32 Å². The van der Waals surface area contributed by atoms with Crippen LogP contribution in [0.4, 0.5) is 11.4 Å². The SMILES string of the molecule is Cc1cc([N+](=O)[O-])ccc1NCCn1cc(C#N)cn1. The van der Waals surface area contributed by atoms with Crippen molar-refractivity contribution in [1.82, 2.24) is 9.78 Å². The van der Waals surface area contributed by atoms with Crippen LogP contribution < -0.4 is 5.32 Å². The molecule has 0 saturated carbocycles. The number of nitriles is 1. The first kappa shape index (κ1) is 13.5. The Morgan fingerprint density at radius 1 is 1.55 bits per heavy atom. The number of aromatic nitrogens is 2. The van der Waals surface area contributed by atoms with Gasteiger partial charge in [0.15, 0.2) is 0 Å². The van der Waals surface area contributed by atoms with Gasteiger partial charge in [0.2, 0.25) is 0 Å². The van der Waals surface area contributed by atoms with Crippen LogP contribution in [0.15, 0.2) is 30.6 Å². The average molecular weight is 271 g/mol. The summed E-state index contributed by atoms with van der Waals surface area (Å²) in [6, 6.07) is 6.71. The summed E-state index contributed by atoms with van der Waals surface area (Å²) < 4.78 is 1.67. The molecule has 1 aromatic heterocycles. The van der Waals surface area contributed by atoms with Gasteiger partial charge in [0, 0.05) is 30.6 Å². The van der Waals surface area contributed by atoms with Crippen molar-refractivity contribution in [3.05, 3.63) is 51.8 Å². The number of rotatable bonds is 5. The lowest BCUT2D eigenvalue weighted by Gasteiger charge is -2.09. The number of hydrogen-bond acceptors (Lipinski definition) is 5. The van der Waals surface area contributed by atoms with Crippen LogP contribution in [0.3, 0.4) is 0 Å². The second kappa shape index (κ2) is 5.84. The van der Waals surface area contributed by atoms with E-state index in [1.165, 1.54) is 18.3 Å². The molecule has 7 nitrogen and oxygen atoms in total. The molecule has 0 spiro atoms. The molecule has 1 N–H and O–H groups in total. The van der Waals surface area contributed by atoms with E-state index >= 15 is 0 Å². The predicted molar refractivity (Wildman–Crippen MR) is 73.3 cm³/mol. The van der Waals surface area contributed by atoms with Gasteiger partial charge in [-0.2, -0.15) is 10.4 Å². The summed E-state index contributed by atoms with van der Waals surface area (Å²) in [5.41, 5.74) is 2.27. The zero-order valence-corrected chi connectivity index (χ0v) is 10.9. The predicted octanol–water partition coefficient (Wildman–Crippen LogP) is 2.08. The summed E-state index contributed by atoms with van der Waals surface area (Å²) in [6.07, 6.45) is 3.18. The molecule has 0 fully saturated rings. The van der Waals surface area contributed by atoms with E-state index in [-0.39, 0.29) is 5.69 Å². The number of nitrogens with one attached hydrogen (secondary N) is 1. The van der Waals surface area contributed by atoms with E-state index in [4.69, 9.17) is 5.26 Å². The van der Waals surface area contributed by atoms with Crippen LogP contribution in [-0.2, 0) is 6.54 Å². The molecule has 0 atom stereocenters. The van der Waals surface area contributed by atoms with Crippen molar-refractivity contribution >= 4 is 11.4 Å². The van der Waals surface area contributed by atoms with E-state index in [0.717, 1.165) is 11.3 Å². The molecule has 2 aromatic rings. The van der Waals surface area contributed by atoms with E-state index in [2.05, 4.69) is 10.4 Å². The molecule has 2 rings (SSSR count). The Labute approximate surface area is 115 Å². The number of anilines is 1. The van der Waals surface area contributed by atoms with Crippen molar-refractivity contribution in [2.75, 3.05) is 11.9 Å². The molecule has 20 heavy (non-hydrogen) atoms. The molecule has 0 radical (unpaired) electrons. The third-order valence-corrected chi connectivity index (χ3v) is 2.84. The van der Waals surface area contributed by atoms with Crippen LogP contribution in [0, 0.1) is 28.4 Å². The summed E-state index contributed by atoms with van der Waals surface area (Å²) in [7, 11) is 0. The second-order valence-electron chi connectivity index (χ2n) is 4.29. The third kappa shape index (κ3) is 3.11. The number of aryl methyl sites for hydroxylation is 1. The zero-order chi connectivity index (χ0) is 14.5. The fourth-order valence-electron chi connectivity index (χ4n) is 1.81. The summed E-state index contributed by atoms with van der Waals surface area (Å²) >= 11 is 0. The van der Waals surface area contributed by atoms with E-state index in [9.17, 15) is 10.1 Å². The molecule has 0 saturated heterocycles. The summed E-state index contributed by atoms with van der Waals surface area (Å²) in [5.74, 6) is 0. The number of nitro benzene ring substituents is 1. The second-order valence-corrected chi connectivity index (χ2v) is 4.29. The molecular formula is C13H13N5O2. The Hall–Kier alpha value is -2.88. The number of nitrogens with zero attached hydrogens (tertiary/aromatic N) is 4. The molecule has 0 aliphatic carbocycles. The van der Waals surface area contributed by atoms with Crippen LogP contribution in [0.5, 0.6) is 0 Å². The molecule has 1 heterocycles. The standard InChI is InChI=1S/C13H13N5O2/c1-10-6-12(18(19)20)2-3-13(10)15-4-5-17-9-11(7-14)8-16-17/h2-3,6,8-9,15H,4-5H2,1H3. The molecule has 0 aliphatic rings. The quantitative estimate of drug-likeness (QED) is 0.663. The highest BCUT2D eigenvalue weighted by Gasteiger charge is 2.07. The molecule has 0 bridgehead atoms. The van der Waals surface area contributed by atoms with Gasteiger partial charge in [-0.05, 0) is 18.6 Å². The van der Waals surface area contributed by atoms with Gasteiger partial charge in [-0.3, -0.25) is 14.8 Å². The fourth-order valence-corrected chi connectivity index (χ4v) is 1.81. The van der Waals surface area contributed by atoms with Crippen LogP contribution in [0.1, 0.15) is 11.1 Å². The molecule has 0 aliphatic heterocycles. The van der Waals surface area contributed by atoms with Crippen LogP contribution in [0.25, 0.3) is 0 Å². The Morgan fingerprint density at radius 2 is 2.35 bits per heavy atom. The van der Waals surface area contributed by atoms with Crippen molar-refractivity contribution in [2.24, 2.45) is 0 Å². The van der Waals surface area contributed by atoms with E-state index in [0.29, 0.717) is 18.7 Å². The first-order chi connectivity index (χ1) is 9.60. The molecule has 0 unspecified atom stereocenters. The topological polar surface area (TPSA) is 96.8 Å². The normalized spacial score (nSPS) is 10.0. The van der Waals surface area contributed by atoms with Crippen LogP contribution >= 0.6 is 0 Å². The van der Waals surface area contributed by atoms with Gasteiger partial charge in [0.05, 0.1) is 23.2 Å². The smallest absolute Gasteiger partial charge is 0.269 e. The third-order valence-electron chi connectivity index (χ3n) is 2.84. The highest BCUT2D eigenvalue weighted by atomic mass is 16.6. The van der Waals surface area contributed by atoms with Crippen molar-refractivity contribution < 1.29 is 4.92 Å². The van der Waals surface area contributed by atoms with Gasteiger partial charge in [0.25, 0.3) is 5.69 Å². The van der Waals surface area contributed by atoms with Crippen molar-refractivity contribution in [3.63, 3.8) is 0 Å². The Balaban J connectivity index is 1.94. The number of non-ortho nitro benzene ring substituents is 1. The lowest BCUT2D eigenvalue weighted by molar-refractivity contribution is -0.384. The summed E-state index contributed by atoms with van der Waals surface area (Å²) in [5, 5.41) is 26.6. The largest absolute Gasteiger partial charge is 0.383 e. The maximum atomic E-state index is 10.6. The van der Waals surface area contributed by atoms with Crippen molar-refractivity contribution in [1.29, 1.82) is 5.26 Å². The molecule has 0 amide bonds. The van der Waals surface area contributed by atoms with E-state index in [1.807, 2.05) is 13.0 Å². The van der Waals surface area contributed by atoms with Crippen LogP contribution in [0.2, 0.25) is 0 Å². The summed E-state index contributed by atoms with van der Waals surface area (Å²) in [6.45, 7) is 3.04. The van der Waals surface area contributed by atoms with Gasteiger partial charge >= 0.3 is 0 Å². The average Bonchev–Trinajstić information content (AvgIpc) is 2.88. The minimum Gasteiger partial charge on any atom is -0.383 e. The number of nitro groups is 1. The van der Waals surface area contributed by atoms with Crippen molar-refractivity contribution in [3.8, 4) is 6.07 Å². The Bertz CT molecular complexity index is 672. The zero-order valence-electron chi connectivity index (χ0n) is 10.9. The number of hydrogen-bond donors (Lipinski definition) is 1. The van der Waals surface area contributed by atoms with E-state index < -0.39 is 4.92 Å². The van der Waals surface area contributed by atoms with Crippen LogP contribution in [-0.4, -0.2) is 21.2 Å². The van der Waals surface area contributed by atoms with Gasteiger partial charge in [-0.25, -0.2) is 0 Å². The first-order valence-corrected chi connectivity index (χ1v) is 6.01.